The number of benzene rings is 3. The second-order valence-corrected chi connectivity index (χ2v) is 10.7. The molecule has 2 aliphatic heterocycles. The molecule has 3 aromatic rings. The van der Waals surface area contributed by atoms with Gasteiger partial charge in [0.25, 0.3) is 0 Å². The van der Waals surface area contributed by atoms with Gasteiger partial charge in [0.15, 0.2) is 0 Å². The minimum Gasteiger partial charge on any atom is -0.497 e. The summed E-state index contributed by atoms with van der Waals surface area (Å²) in [5.41, 5.74) is 0.764. The van der Waals surface area contributed by atoms with Gasteiger partial charge in [-0.3, -0.25) is 4.79 Å². The van der Waals surface area contributed by atoms with E-state index in [9.17, 15) is 15.0 Å². The molecule has 39 heavy (non-hydrogen) atoms. The van der Waals surface area contributed by atoms with Crippen molar-refractivity contribution in [2.75, 3.05) is 36.6 Å². The molecule has 0 saturated carbocycles. The van der Waals surface area contributed by atoms with Gasteiger partial charge in [0.05, 0.1) is 30.1 Å². The van der Waals surface area contributed by atoms with Crippen LogP contribution in [0.25, 0.3) is 0 Å². The first-order valence-electron chi connectivity index (χ1n) is 12.7. The average Bonchev–Trinajstić information content (AvgIpc) is 2.92. The summed E-state index contributed by atoms with van der Waals surface area (Å²) in [4.78, 5) is 16.2. The van der Waals surface area contributed by atoms with E-state index in [1.807, 2.05) is 17.0 Å². The van der Waals surface area contributed by atoms with Gasteiger partial charge < -0.3 is 29.5 Å². The molecule has 2 N–H and O–H groups in total. The SMILES string of the molecule is COc1ccc(CN2C(=O)CCc3c(OC[C@@]4(O)CCN(c5ccc(Cl)cc5Cl)C[C@@H]4O)ccc(F)c32)cc1. The Labute approximate surface area is 236 Å². The number of methoxy groups -OCH3 is 1. The maximum Gasteiger partial charge on any atom is 0.227 e. The summed E-state index contributed by atoms with van der Waals surface area (Å²) in [6, 6.07) is 15.2. The van der Waals surface area contributed by atoms with E-state index in [4.69, 9.17) is 32.7 Å². The first-order chi connectivity index (χ1) is 18.7. The van der Waals surface area contributed by atoms with Crippen molar-refractivity contribution in [1.82, 2.24) is 0 Å². The van der Waals surface area contributed by atoms with Crippen LogP contribution < -0.4 is 19.3 Å². The molecule has 3 aromatic carbocycles. The molecule has 7 nitrogen and oxygen atoms in total. The van der Waals surface area contributed by atoms with E-state index < -0.39 is 17.5 Å². The predicted molar refractivity (Wildman–Crippen MR) is 149 cm³/mol. The van der Waals surface area contributed by atoms with Crippen LogP contribution in [0.4, 0.5) is 15.8 Å². The second kappa shape index (κ2) is 11.2. The third-order valence-corrected chi connectivity index (χ3v) is 7.94. The fourth-order valence-electron chi connectivity index (χ4n) is 5.12. The van der Waals surface area contributed by atoms with E-state index in [2.05, 4.69) is 0 Å². The van der Waals surface area contributed by atoms with E-state index in [1.165, 1.54) is 17.0 Å². The van der Waals surface area contributed by atoms with Crippen molar-refractivity contribution in [3.8, 4) is 11.5 Å². The van der Waals surface area contributed by atoms with Crippen molar-refractivity contribution in [3.05, 3.63) is 81.6 Å². The van der Waals surface area contributed by atoms with E-state index in [0.29, 0.717) is 40.1 Å². The zero-order valence-electron chi connectivity index (χ0n) is 21.4. The number of piperidine rings is 1. The van der Waals surface area contributed by atoms with Crippen molar-refractivity contribution in [2.45, 2.75) is 37.5 Å². The molecule has 10 heteroatoms. The number of carbonyl (C=O) groups excluding carboxylic acids is 1. The van der Waals surface area contributed by atoms with Gasteiger partial charge in [-0.1, -0.05) is 35.3 Å². The van der Waals surface area contributed by atoms with Crippen LogP contribution >= 0.6 is 23.2 Å². The van der Waals surface area contributed by atoms with E-state index in [0.717, 1.165) is 11.3 Å². The van der Waals surface area contributed by atoms with Crippen molar-refractivity contribution >= 4 is 40.5 Å². The molecule has 0 bridgehead atoms. The van der Waals surface area contributed by atoms with Gasteiger partial charge in [0.2, 0.25) is 5.91 Å². The third-order valence-electron chi connectivity index (χ3n) is 7.41. The average molecular weight is 575 g/mol. The van der Waals surface area contributed by atoms with Crippen LogP contribution in [-0.4, -0.2) is 54.6 Å². The van der Waals surface area contributed by atoms with Gasteiger partial charge in [-0.05, 0) is 60.9 Å². The number of nitrogens with zero attached hydrogens (tertiary/aromatic N) is 2. The molecule has 0 radical (unpaired) electrons. The number of ether oxygens (including phenoxy) is 2. The Morgan fingerprint density at radius 3 is 2.56 bits per heavy atom. The Kier molecular flexibility index (Phi) is 7.91. The van der Waals surface area contributed by atoms with Gasteiger partial charge in [0, 0.05) is 30.1 Å². The van der Waals surface area contributed by atoms with Crippen LogP contribution in [0, 0.1) is 5.82 Å². The normalized spacial score (nSPS) is 21.1. The maximum atomic E-state index is 15.1. The Bertz CT molecular complexity index is 1370. The number of amides is 1. The fraction of sp³-hybridized carbons (Fsp3) is 0.345. The number of anilines is 2. The van der Waals surface area contributed by atoms with Crippen LogP contribution in [-0.2, 0) is 17.8 Å². The number of hydrogen-bond acceptors (Lipinski definition) is 6. The summed E-state index contributed by atoms with van der Waals surface area (Å²) < 4.78 is 26.3. The Morgan fingerprint density at radius 1 is 1.10 bits per heavy atom. The standard InChI is InChI=1S/C29H29Cl2FN2O5/c1-38-20-5-2-18(3-6-20)15-34-27(36)11-7-21-25(10-8-23(32)28(21)34)39-17-29(37)12-13-33(16-26(29)35)24-9-4-19(30)14-22(24)31/h2-6,8-10,14,26,35,37H,7,11-13,15-17H2,1H3/t26-,29-/m0/s1. The molecule has 2 aliphatic rings. The number of carbonyl (C=O) groups is 1. The third kappa shape index (κ3) is 5.65. The Hall–Kier alpha value is -3.04. The summed E-state index contributed by atoms with van der Waals surface area (Å²) >= 11 is 12.3. The molecule has 5 rings (SSSR count). The van der Waals surface area contributed by atoms with Crippen LogP contribution in [0.5, 0.6) is 11.5 Å². The monoisotopic (exact) mass is 574 g/mol. The first-order valence-corrected chi connectivity index (χ1v) is 13.4. The first kappa shape index (κ1) is 27.5. The van der Waals surface area contributed by atoms with Crippen LogP contribution in [0.3, 0.4) is 0 Å². The highest BCUT2D eigenvalue weighted by atomic mass is 35.5. The lowest BCUT2D eigenvalue weighted by Crippen LogP contribution is -2.58. The zero-order valence-corrected chi connectivity index (χ0v) is 22.9. The lowest BCUT2D eigenvalue weighted by atomic mass is 9.89. The van der Waals surface area contributed by atoms with E-state index in [-0.39, 0.29) is 44.1 Å². The van der Waals surface area contributed by atoms with Crippen LogP contribution in [0.1, 0.15) is 24.0 Å². The Morgan fingerprint density at radius 2 is 1.87 bits per heavy atom. The number of fused-ring (bicyclic) bond motifs is 1. The molecule has 0 aliphatic carbocycles. The van der Waals surface area contributed by atoms with E-state index in [1.54, 1.807) is 37.4 Å². The second-order valence-electron chi connectivity index (χ2n) is 9.90. The largest absolute Gasteiger partial charge is 0.497 e. The molecule has 1 amide bonds. The number of aliphatic hydroxyl groups excluding tert-OH is 1. The van der Waals surface area contributed by atoms with Crippen molar-refractivity contribution < 1.29 is 28.9 Å². The summed E-state index contributed by atoms with van der Waals surface area (Å²) in [5.74, 6) is 0.359. The molecule has 0 spiro atoms. The smallest absolute Gasteiger partial charge is 0.227 e. The van der Waals surface area contributed by atoms with Gasteiger partial charge >= 0.3 is 0 Å². The van der Waals surface area contributed by atoms with Crippen LogP contribution in [0.15, 0.2) is 54.6 Å². The van der Waals surface area contributed by atoms with E-state index >= 15 is 4.39 Å². The number of β-amino-alcohol motifs (C(OH)–C–C–N with tert-alkyl or cyclic N) is 1. The number of halogens is 3. The fourth-order valence-corrected chi connectivity index (χ4v) is 5.65. The summed E-state index contributed by atoms with van der Waals surface area (Å²) in [6.07, 6.45) is -0.391. The van der Waals surface area contributed by atoms with Gasteiger partial charge in [-0.25, -0.2) is 4.39 Å². The predicted octanol–water partition coefficient (Wildman–Crippen LogP) is 5.00. The topological polar surface area (TPSA) is 82.5 Å². The van der Waals surface area contributed by atoms with Crippen LogP contribution in [0.2, 0.25) is 10.0 Å². The Balaban J connectivity index is 1.32. The minimum atomic E-state index is -1.52. The quantitative estimate of drug-likeness (QED) is 0.413. The number of aliphatic hydroxyl groups is 2. The summed E-state index contributed by atoms with van der Waals surface area (Å²) in [6.45, 7) is 0.583. The minimum absolute atomic E-state index is 0.146. The lowest BCUT2D eigenvalue weighted by Gasteiger charge is -2.43. The molecule has 0 unspecified atom stereocenters. The number of rotatable bonds is 7. The zero-order chi connectivity index (χ0) is 27.7. The van der Waals surface area contributed by atoms with Gasteiger partial charge in [-0.15, -0.1) is 0 Å². The molecular weight excluding hydrogens is 546 g/mol. The summed E-state index contributed by atoms with van der Waals surface area (Å²) in [5, 5.41) is 23.1. The van der Waals surface area contributed by atoms with Gasteiger partial charge in [-0.2, -0.15) is 0 Å². The highest BCUT2D eigenvalue weighted by Gasteiger charge is 2.42. The van der Waals surface area contributed by atoms with Crippen molar-refractivity contribution in [2.24, 2.45) is 0 Å². The highest BCUT2D eigenvalue weighted by molar-refractivity contribution is 6.36. The van der Waals surface area contributed by atoms with Crippen molar-refractivity contribution in [1.29, 1.82) is 0 Å². The molecule has 0 aromatic heterocycles. The molecular formula is C29H29Cl2FN2O5. The highest BCUT2D eigenvalue weighted by Crippen LogP contribution is 2.39. The molecule has 2 heterocycles. The van der Waals surface area contributed by atoms with Gasteiger partial charge in [0.1, 0.15) is 35.6 Å². The molecule has 206 valence electrons. The molecule has 2 atom stereocenters. The molecule has 1 fully saturated rings. The molecule has 1 saturated heterocycles. The van der Waals surface area contributed by atoms with Crippen molar-refractivity contribution in [3.63, 3.8) is 0 Å². The maximum absolute atomic E-state index is 15.1. The lowest BCUT2D eigenvalue weighted by molar-refractivity contribution is -0.119. The number of hydrogen-bond donors (Lipinski definition) is 2. The summed E-state index contributed by atoms with van der Waals surface area (Å²) in [7, 11) is 1.57.